The Kier molecular flexibility index (Phi) is 3.93. The van der Waals surface area contributed by atoms with Crippen molar-refractivity contribution >= 4 is 23.2 Å². The summed E-state index contributed by atoms with van der Waals surface area (Å²) in [6.07, 6.45) is 0.460. The number of para-hydroxylation sites is 1. The lowest BCUT2D eigenvalue weighted by atomic mass is 9.97. The zero-order chi connectivity index (χ0) is 16.4. The van der Waals surface area contributed by atoms with E-state index in [-0.39, 0.29) is 17.9 Å². The van der Waals surface area contributed by atoms with Crippen LogP contribution in [-0.4, -0.2) is 23.8 Å². The van der Waals surface area contributed by atoms with Crippen LogP contribution in [0.2, 0.25) is 0 Å². The average molecular weight is 311 g/mol. The Morgan fingerprint density at radius 1 is 1.22 bits per heavy atom. The molecule has 0 aliphatic carbocycles. The lowest BCUT2D eigenvalue weighted by molar-refractivity contribution is 0.0521. The number of hydrogen-bond acceptors (Lipinski definition) is 3. The minimum Gasteiger partial charge on any atom is -0.461 e. The average Bonchev–Trinajstić information content (AvgIpc) is 2.94. The van der Waals surface area contributed by atoms with Crippen molar-refractivity contribution in [3.8, 4) is 11.1 Å². The summed E-state index contributed by atoms with van der Waals surface area (Å²) in [5, 5.41) is 0.726. The summed E-state index contributed by atoms with van der Waals surface area (Å²) in [7, 11) is 0. The highest BCUT2D eigenvalue weighted by Gasteiger charge is 2.22. The van der Waals surface area contributed by atoms with Crippen molar-refractivity contribution in [2.45, 2.75) is 6.92 Å². The summed E-state index contributed by atoms with van der Waals surface area (Å²) in [4.78, 5) is 26.6. The lowest BCUT2D eigenvalue weighted by Gasteiger charge is -2.08. The summed E-state index contributed by atoms with van der Waals surface area (Å²) >= 11 is 0. The highest BCUT2D eigenvalue weighted by atomic mass is 19.1. The third-order valence-corrected chi connectivity index (χ3v) is 3.63. The SMILES string of the molecule is CCOC(=O)c1[nH]c2ccccc2c1-c1cccc(F)c1C=O. The van der Waals surface area contributed by atoms with Crippen molar-refractivity contribution in [1.82, 2.24) is 4.98 Å². The number of hydrogen-bond donors (Lipinski definition) is 1. The highest BCUT2D eigenvalue weighted by molar-refractivity contribution is 6.10. The van der Waals surface area contributed by atoms with E-state index in [2.05, 4.69) is 4.98 Å². The zero-order valence-electron chi connectivity index (χ0n) is 12.4. The number of carbonyl (C=O) groups is 2. The van der Waals surface area contributed by atoms with Gasteiger partial charge in [0.05, 0.1) is 12.2 Å². The topological polar surface area (TPSA) is 59.2 Å². The Balaban J connectivity index is 2.36. The molecule has 0 aliphatic rings. The van der Waals surface area contributed by atoms with E-state index in [1.807, 2.05) is 18.2 Å². The van der Waals surface area contributed by atoms with Crippen LogP contribution in [0.1, 0.15) is 27.8 Å². The molecule has 3 rings (SSSR count). The molecule has 1 heterocycles. The van der Waals surface area contributed by atoms with Crippen LogP contribution in [0.4, 0.5) is 4.39 Å². The Morgan fingerprint density at radius 3 is 2.74 bits per heavy atom. The van der Waals surface area contributed by atoms with Gasteiger partial charge >= 0.3 is 5.97 Å². The van der Waals surface area contributed by atoms with Gasteiger partial charge in [-0.25, -0.2) is 9.18 Å². The summed E-state index contributed by atoms with van der Waals surface area (Å²) in [5.41, 5.74) is 1.68. The van der Waals surface area contributed by atoms with E-state index in [4.69, 9.17) is 4.74 Å². The number of aldehydes is 1. The van der Waals surface area contributed by atoms with Gasteiger partial charge in [-0.15, -0.1) is 0 Å². The lowest BCUT2D eigenvalue weighted by Crippen LogP contribution is -2.07. The second-order valence-corrected chi connectivity index (χ2v) is 4.96. The van der Waals surface area contributed by atoms with E-state index >= 15 is 0 Å². The second-order valence-electron chi connectivity index (χ2n) is 4.96. The van der Waals surface area contributed by atoms with Gasteiger partial charge < -0.3 is 9.72 Å². The molecule has 4 nitrogen and oxygen atoms in total. The number of halogens is 1. The molecule has 0 saturated heterocycles. The molecule has 0 saturated carbocycles. The molecule has 0 amide bonds. The van der Waals surface area contributed by atoms with Crippen LogP contribution in [0.25, 0.3) is 22.0 Å². The van der Waals surface area contributed by atoms with Crippen molar-refractivity contribution in [1.29, 1.82) is 0 Å². The van der Waals surface area contributed by atoms with Gasteiger partial charge in [-0.1, -0.05) is 30.3 Å². The second kappa shape index (κ2) is 6.04. The Bertz CT molecular complexity index is 898. The number of carbonyl (C=O) groups excluding carboxylic acids is 2. The molecule has 23 heavy (non-hydrogen) atoms. The maximum atomic E-state index is 14.0. The first-order valence-electron chi connectivity index (χ1n) is 7.19. The fraction of sp³-hybridized carbons (Fsp3) is 0.111. The summed E-state index contributed by atoms with van der Waals surface area (Å²) < 4.78 is 19.0. The number of benzene rings is 2. The van der Waals surface area contributed by atoms with Gasteiger partial charge in [0.2, 0.25) is 0 Å². The van der Waals surface area contributed by atoms with E-state index < -0.39 is 11.8 Å². The van der Waals surface area contributed by atoms with Gasteiger partial charge in [0, 0.05) is 16.5 Å². The van der Waals surface area contributed by atoms with Gasteiger partial charge in [-0.05, 0) is 24.6 Å². The van der Waals surface area contributed by atoms with Gasteiger partial charge in [-0.2, -0.15) is 0 Å². The minimum absolute atomic E-state index is 0.0807. The van der Waals surface area contributed by atoms with Crippen molar-refractivity contribution < 1.29 is 18.7 Å². The number of ether oxygens (including phenoxy) is 1. The molecule has 0 unspecified atom stereocenters. The van der Waals surface area contributed by atoms with E-state index in [0.717, 1.165) is 5.39 Å². The van der Waals surface area contributed by atoms with E-state index in [0.29, 0.717) is 22.9 Å². The number of aromatic nitrogens is 1. The number of esters is 1. The van der Waals surface area contributed by atoms with Crippen LogP contribution in [-0.2, 0) is 4.74 Å². The Morgan fingerprint density at radius 2 is 2.00 bits per heavy atom. The van der Waals surface area contributed by atoms with E-state index in [1.165, 1.54) is 12.1 Å². The largest absolute Gasteiger partial charge is 0.461 e. The first-order valence-corrected chi connectivity index (χ1v) is 7.19. The van der Waals surface area contributed by atoms with Crippen molar-refractivity contribution in [3.05, 3.63) is 59.5 Å². The number of H-pyrrole nitrogens is 1. The molecule has 0 atom stereocenters. The maximum Gasteiger partial charge on any atom is 0.355 e. The fourth-order valence-electron chi connectivity index (χ4n) is 2.65. The molecule has 0 radical (unpaired) electrons. The molecule has 3 aromatic rings. The summed E-state index contributed by atoms with van der Waals surface area (Å²) in [5.74, 6) is -1.17. The number of aromatic amines is 1. The smallest absolute Gasteiger partial charge is 0.355 e. The molecular weight excluding hydrogens is 297 g/mol. The third kappa shape index (κ3) is 2.50. The van der Waals surface area contributed by atoms with Crippen molar-refractivity contribution in [3.63, 3.8) is 0 Å². The predicted octanol–water partition coefficient (Wildman–Crippen LogP) is 3.96. The molecule has 5 heteroatoms. The zero-order valence-corrected chi connectivity index (χ0v) is 12.4. The molecule has 1 aromatic heterocycles. The van der Waals surface area contributed by atoms with Gasteiger partial charge in [-0.3, -0.25) is 4.79 Å². The summed E-state index contributed by atoms with van der Waals surface area (Å²) in [6.45, 7) is 1.93. The monoisotopic (exact) mass is 311 g/mol. The highest BCUT2D eigenvalue weighted by Crippen LogP contribution is 2.35. The van der Waals surface area contributed by atoms with Crippen molar-refractivity contribution in [2.24, 2.45) is 0 Å². The van der Waals surface area contributed by atoms with Gasteiger partial charge in [0.15, 0.2) is 6.29 Å². The van der Waals surface area contributed by atoms with Gasteiger partial charge in [0.25, 0.3) is 0 Å². The molecule has 2 aromatic carbocycles. The van der Waals surface area contributed by atoms with Crippen LogP contribution in [0.5, 0.6) is 0 Å². The predicted molar refractivity (Wildman–Crippen MR) is 85.0 cm³/mol. The van der Waals surface area contributed by atoms with Crippen LogP contribution < -0.4 is 0 Å². The molecular formula is C18H14FNO3. The Labute approximate surface area is 131 Å². The standard InChI is InChI=1S/C18H14FNO3/c1-2-23-18(22)17-16(12-6-3-4-9-15(12)20-17)11-7-5-8-14(19)13(11)10-21/h3-10,20H,2H2,1H3. The molecule has 0 aliphatic heterocycles. The maximum absolute atomic E-state index is 14.0. The molecule has 0 bridgehead atoms. The number of nitrogens with one attached hydrogen (secondary N) is 1. The molecule has 116 valence electrons. The van der Waals surface area contributed by atoms with Crippen LogP contribution in [0, 0.1) is 5.82 Å². The van der Waals surface area contributed by atoms with Crippen LogP contribution in [0.15, 0.2) is 42.5 Å². The fourth-order valence-corrected chi connectivity index (χ4v) is 2.65. The Hall–Kier alpha value is -2.95. The normalized spacial score (nSPS) is 10.7. The number of rotatable bonds is 4. The van der Waals surface area contributed by atoms with E-state index in [9.17, 15) is 14.0 Å². The molecule has 0 fully saturated rings. The van der Waals surface area contributed by atoms with E-state index in [1.54, 1.807) is 19.1 Å². The minimum atomic E-state index is -0.627. The third-order valence-electron chi connectivity index (χ3n) is 3.63. The molecule has 0 spiro atoms. The number of fused-ring (bicyclic) bond motifs is 1. The summed E-state index contributed by atoms with van der Waals surface area (Å²) in [6, 6.07) is 11.6. The first-order chi connectivity index (χ1) is 11.2. The first kappa shape index (κ1) is 15.0. The van der Waals surface area contributed by atoms with Gasteiger partial charge in [0.1, 0.15) is 11.5 Å². The molecule has 1 N–H and O–H groups in total. The quantitative estimate of drug-likeness (QED) is 0.586. The van der Waals surface area contributed by atoms with Crippen molar-refractivity contribution in [2.75, 3.05) is 6.61 Å². The van der Waals surface area contributed by atoms with Crippen LogP contribution >= 0.6 is 0 Å². The van der Waals surface area contributed by atoms with Crippen LogP contribution in [0.3, 0.4) is 0 Å².